The molecule has 0 saturated carbocycles. The molecule has 3 rings (SSSR count). The number of nitrogens with two attached hydrogens (primary N) is 1. The van der Waals surface area contributed by atoms with Gasteiger partial charge in [-0.15, -0.1) is 24.0 Å². The molecule has 30 heavy (non-hydrogen) atoms. The second-order valence-corrected chi connectivity index (χ2v) is 6.88. The lowest BCUT2D eigenvalue weighted by Crippen LogP contribution is -2.54. The molecular formula is C20H27FIN7O. The fourth-order valence-corrected chi connectivity index (χ4v) is 3.30. The summed E-state index contributed by atoms with van der Waals surface area (Å²) in [5, 5.41) is 3.26. The van der Waals surface area contributed by atoms with Gasteiger partial charge in [-0.3, -0.25) is 9.79 Å². The van der Waals surface area contributed by atoms with Crippen LogP contribution < -0.4 is 16.0 Å². The Morgan fingerprint density at radius 1 is 1.20 bits per heavy atom. The van der Waals surface area contributed by atoms with Crippen molar-refractivity contribution < 1.29 is 9.18 Å². The number of hydrogen-bond acceptors (Lipinski definition) is 5. The zero-order valence-corrected chi connectivity index (χ0v) is 19.2. The highest BCUT2D eigenvalue weighted by molar-refractivity contribution is 14.0. The maximum Gasteiger partial charge on any atom is 0.225 e. The molecule has 1 aliphatic heterocycles. The van der Waals surface area contributed by atoms with Gasteiger partial charge < -0.3 is 20.9 Å². The summed E-state index contributed by atoms with van der Waals surface area (Å²) in [5.74, 6) is 0.328. The number of anilines is 1. The van der Waals surface area contributed by atoms with Gasteiger partial charge in [-0.25, -0.2) is 14.4 Å². The number of piperazine rings is 1. The normalized spacial score (nSPS) is 15.3. The first-order valence-electron chi connectivity index (χ1n) is 9.58. The molecule has 1 unspecified atom stereocenters. The summed E-state index contributed by atoms with van der Waals surface area (Å²) in [5.41, 5.74) is 6.44. The van der Waals surface area contributed by atoms with E-state index >= 15 is 0 Å². The van der Waals surface area contributed by atoms with Crippen molar-refractivity contribution in [2.75, 3.05) is 44.7 Å². The van der Waals surface area contributed by atoms with Crippen molar-refractivity contribution >= 4 is 41.8 Å². The van der Waals surface area contributed by atoms with Crippen molar-refractivity contribution in [3.8, 4) is 0 Å². The summed E-state index contributed by atoms with van der Waals surface area (Å²) >= 11 is 0. The standard InChI is InChI=1S/C20H26FN7O.HI/c1-23-19(27-9-11-28(12-10-27)20-24-7-2-8-25-20)26-14-16(18(22)29)13-15-3-5-17(21)6-4-15;/h2-8,16H,9-14H2,1H3,(H2,22,29)(H,23,26);1H. The summed E-state index contributed by atoms with van der Waals surface area (Å²) < 4.78 is 13.1. The predicted molar refractivity (Wildman–Crippen MR) is 125 cm³/mol. The van der Waals surface area contributed by atoms with Crippen LogP contribution in [0.3, 0.4) is 0 Å². The monoisotopic (exact) mass is 527 g/mol. The molecule has 1 aliphatic rings. The molecule has 2 aromatic rings. The first-order valence-corrected chi connectivity index (χ1v) is 9.58. The number of rotatable bonds is 6. The number of halogens is 2. The van der Waals surface area contributed by atoms with E-state index in [1.54, 1.807) is 37.6 Å². The Labute approximate surface area is 192 Å². The van der Waals surface area contributed by atoms with Crippen molar-refractivity contribution in [2.24, 2.45) is 16.6 Å². The maximum atomic E-state index is 13.1. The van der Waals surface area contributed by atoms with Crippen molar-refractivity contribution in [3.63, 3.8) is 0 Å². The molecule has 8 nitrogen and oxygen atoms in total. The molecule has 0 spiro atoms. The first-order chi connectivity index (χ1) is 14.1. The highest BCUT2D eigenvalue weighted by Crippen LogP contribution is 2.12. The van der Waals surface area contributed by atoms with Crippen LogP contribution in [0.15, 0.2) is 47.7 Å². The predicted octanol–water partition coefficient (Wildman–Crippen LogP) is 1.28. The topological polar surface area (TPSA) is 99.7 Å². The second kappa shape index (κ2) is 11.6. The lowest BCUT2D eigenvalue weighted by atomic mass is 9.98. The summed E-state index contributed by atoms with van der Waals surface area (Å²) in [6.45, 7) is 3.44. The largest absolute Gasteiger partial charge is 0.369 e. The minimum atomic E-state index is -0.420. The molecule has 2 heterocycles. The molecular weight excluding hydrogens is 500 g/mol. The Hall–Kier alpha value is -2.50. The van der Waals surface area contributed by atoms with Crippen LogP contribution in [0.1, 0.15) is 5.56 Å². The van der Waals surface area contributed by atoms with Gasteiger partial charge in [-0.05, 0) is 30.2 Å². The third-order valence-electron chi connectivity index (χ3n) is 4.93. The Balaban J connectivity index is 0.00000320. The number of guanidine groups is 1. The van der Waals surface area contributed by atoms with E-state index in [0.29, 0.717) is 13.0 Å². The van der Waals surface area contributed by atoms with Gasteiger partial charge in [0.25, 0.3) is 0 Å². The molecule has 1 atom stereocenters. The molecule has 10 heteroatoms. The van der Waals surface area contributed by atoms with E-state index in [9.17, 15) is 9.18 Å². The van der Waals surface area contributed by atoms with Gasteiger partial charge >= 0.3 is 0 Å². The SMILES string of the molecule is CN=C(NCC(Cc1ccc(F)cc1)C(N)=O)N1CCN(c2ncccn2)CC1.I. The van der Waals surface area contributed by atoms with Crippen LogP contribution >= 0.6 is 24.0 Å². The molecule has 1 amide bonds. The average molecular weight is 527 g/mol. The van der Waals surface area contributed by atoms with Crippen LogP contribution in [0.4, 0.5) is 10.3 Å². The molecule has 0 bridgehead atoms. The third kappa shape index (κ3) is 6.51. The van der Waals surface area contributed by atoms with E-state index in [2.05, 4.69) is 30.1 Å². The van der Waals surface area contributed by atoms with Crippen LogP contribution in [0.5, 0.6) is 0 Å². The maximum absolute atomic E-state index is 13.1. The molecule has 0 aliphatic carbocycles. The van der Waals surface area contributed by atoms with E-state index in [4.69, 9.17) is 5.73 Å². The number of amides is 1. The molecule has 1 aromatic carbocycles. The van der Waals surface area contributed by atoms with Crippen LogP contribution in [0.2, 0.25) is 0 Å². The van der Waals surface area contributed by atoms with Gasteiger partial charge in [0.2, 0.25) is 11.9 Å². The number of carbonyl (C=O) groups is 1. The minimum absolute atomic E-state index is 0. The smallest absolute Gasteiger partial charge is 0.225 e. The summed E-state index contributed by atoms with van der Waals surface area (Å²) in [7, 11) is 1.72. The summed E-state index contributed by atoms with van der Waals surface area (Å²) in [6.07, 6.45) is 3.92. The number of nitrogens with zero attached hydrogens (tertiary/aromatic N) is 5. The fourth-order valence-electron chi connectivity index (χ4n) is 3.30. The molecule has 1 saturated heterocycles. The molecule has 1 aromatic heterocycles. The number of benzene rings is 1. The van der Waals surface area contributed by atoms with Crippen molar-refractivity contribution in [1.82, 2.24) is 20.2 Å². The number of aliphatic imine (C=N–C) groups is 1. The van der Waals surface area contributed by atoms with Gasteiger partial charge in [-0.2, -0.15) is 0 Å². The Morgan fingerprint density at radius 3 is 2.40 bits per heavy atom. The van der Waals surface area contributed by atoms with Crippen molar-refractivity contribution in [1.29, 1.82) is 0 Å². The van der Waals surface area contributed by atoms with Crippen molar-refractivity contribution in [3.05, 3.63) is 54.1 Å². The molecule has 0 radical (unpaired) electrons. The van der Waals surface area contributed by atoms with E-state index in [-0.39, 0.29) is 29.8 Å². The van der Waals surface area contributed by atoms with Gasteiger partial charge in [0, 0.05) is 52.2 Å². The Kier molecular flexibility index (Phi) is 9.21. The lowest BCUT2D eigenvalue weighted by molar-refractivity contribution is -0.121. The van der Waals surface area contributed by atoms with E-state index in [0.717, 1.165) is 43.7 Å². The highest BCUT2D eigenvalue weighted by atomic mass is 127. The number of carbonyl (C=O) groups excluding carboxylic acids is 1. The molecule has 1 fully saturated rings. The lowest BCUT2D eigenvalue weighted by Gasteiger charge is -2.36. The zero-order valence-electron chi connectivity index (χ0n) is 16.9. The van der Waals surface area contributed by atoms with Crippen LogP contribution in [-0.2, 0) is 11.2 Å². The fraction of sp³-hybridized carbons (Fsp3) is 0.400. The van der Waals surface area contributed by atoms with Crippen molar-refractivity contribution in [2.45, 2.75) is 6.42 Å². The van der Waals surface area contributed by atoms with Gasteiger partial charge in [0.1, 0.15) is 5.82 Å². The summed E-state index contributed by atoms with van der Waals surface area (Å²) in [4.78, 5) is 29.1. The Bertz CT molecular complexity index is 827. The third-order valence-corrected chi connectivity index (χ3v) is 4.93. The Morgan fingerprint density at radius 2 is 1.83 bits per heavy atom. The van der Waals surface area contributed by atoms with Crippen LogP contribution in [0, 0.1) is 11.7 Å². The highest BCUT2D eigenvalue weighted by Gasteiger charge is 2.23. The molecule has 3 N–H and O–H groups in total. The van der Waals surface area contributed by atoms with Gasteiger partial charge in [-0.1, -0.05) is 12.1 Å². The van der Waals surface area contributed by atoms with Crippen LogP contribution in [-0.4, -0.2) is 66.5 Å². The zero-order chi connectivity index (χ0) is 20.6. The quantitative estimate of drug-likeness (QED) is 0.334. The van der Waals surface area contributed by atoms with Crippen LogP contribution in [0.25, 0.3) is 0 Å². The van der Waals surface area contributed by atoms with E-state index in [1.165, 1.54) is 12.1 Å². The number of hydrogen-bond donors (Lipinski definition) is 2. The van der Waals surface area contributed by atoms with E-state index < -0.39 is 11.8 Å². The minimum Gasteiger partial charge on any atom is -0.369 e. The van der Waals surface area contributed by atoms with E-state index in [1.807, 2.05) is 0 Å². The van der Waals surface area contributed by atoms with Gasteiger partial charge in [0.05, 0.1) is 5.92 Å². The molecule has 162 valence electrons. The second-order valence-electron chi connectivity index (χ2n) is 6.88. The van der Waals surface area contributed by atoms with Gasteiger partial charge in [0.15, 0.2) is 5.96 Å². The number of primary amides is 1. The number of nitrogens with one attached hydrogen (secondary N) is 1. The number of aromatic nitrogens is 2. The first kappa shape index (κ1) is 23.8. The average Bonchev–Trinajstić information content (AvgIpc) is 2.75. The summed E-state index contributed by atoms with van der Waals surface area (Å²) in [6, 6.07) is 7.91.